The fraction of sp³-hybridized carbons (Fsp3) is 0.192. The van der Waals surface area contributed by atoms with E-state index in [9.17, 15) is 9.59 Å². The van der Waals surface area contributed by atoms with Crippen LogP contribution in [0.2, 0.25) is 0 Å². The first-order valence-electron chi connectivity index (χ1n) is 10.7. The first-order valence-corrected chi connectivity index (χ1v) is 10.7. The molecule has 182 valence electrons. The van der Waals surface area contributed by atoms with Gasteiger partial charge in [0.25, 0.3) is 5.91 Å². The number of carbonyl (C=O) groups excluding carboxylic acids is 2. The highest BCUT2D eigenvalue weighted by Crippen LogP contribution is 2.38. The Bertz CT molecular complexity index is 1200. The average Bonchev–Trinajstić information content (AvgIpc) is 2.88. The van der Waals surface area contributed by atoms with Gasteiger partial charge in [0.1, 0.15) is 0 Å². The maximum atomic E-state index is 12.8. The van der Waals surface area contributed by atoms with Crippen LogP contribution in [0.1, 0.15) is 28.4 Å². The molecule has 0 fully saturated rings. The van der Waals surface area contributed by atoms with Gasteiger partial charge in [0.2, 0.25) is 5.75 Å². The molecule has 0 aliphatic rings. The minimum Gasteiger partial charge on any atom is -0.493 e. The van der Waals surface area contributed by atoms with Gasteiger partial charge in [-0.1, -0.05) is 35.0 Å². The highest BCUT2D eigenvalue weighted by atomic mass is 16.7. The fourth-order valence-electron chi connectivity index (χ4n) is 3.15. The van der Waals surface area contributed by atoms with Gasteiger partial charge in [0, 0.05) is 16.9 Å². The van der Waals surface area contributed by atoms with Crippen molar-refractivity contribution in [1.82, 2.24) is 0 Å². The van der Waals surface area contributed by atoms with Crippen LogP contribution in [0.4, 0.5) is 16.2 Å². The molecule has 3 rings (SSSR count). The van der Waals surface area contributed by atoms with Gasteiger partial charge >= 0.3 is 6.09 Å². The zero-order valence-corrected chi connectivity index (χ0v) is 20.2. The summed E-state index contributed by atoms with van der Waals surface area (Å²) in [4.78, 5) is 29.7. The van der Waals surface area contributed by atoms with Gasteiger partial charge in [0.05, 0.1) is 27.0 Å². The molecule has 0 bridgehead atoms. The van der Waals surface area contributed by atoms with E-state index in [-0.39, 0.29) is 5.91 Å². The van der Waals surface area contributed by atoms with Crippen LogP contribution in [0.25, 0.3) is 0 Å². The molecule has 0 saturated heterocycles. The molecule has 0 radical (unpaired) electrons. The van der Waals surface area contributed by atoms with Crippen LogP contribution in [0.15, 0.2) is 65.8 Å². The molecular formula is C26H27N3O6. The number of hydrogen-bond acceptors (Lipinski definition) is 7. The molecule has 3 aromatic carbocycles. The monoisotopic (exact) mass is 477 g/mol. The molecule has 0 heterocycles. The van der Waals surface area contributed by atoms with Crippen LogP contribution >= 0.6 is 0 Å². The molecule has 3 aromatic rings. The van der Waals surface area contributed by atoms with Crippen molar-refractivity contribution in [2.24, 2.45) is 5.16 Å². The molecule has 0 aliphatic heterocycles. The summed E-state index contributed by atoms with van der Waals surface area (Å²) < 4.78 is 15.9. The molecular weight excluding hydrogens is 450 g/mol. The topological polar surface area (TPSA) is 107 Å². The summed E-state index contributed by atoms with van der Waals surface area (Å²) in [5, 5.41) is 9.30. The third-order valence-electron chi connectivity index (χ3n) is 5.05. The third kappa shape index (κ3) is 6.50. The van der Waals surface area contributed by atoms with Crippen LogP contribution in [0.5, 0.6) is 17.2 Å². The predicted octanol–water partition coefficient (Wildman–Crippen LogP) is 5.25. The largest absolute Gasteiger partial charge is 0.493 e. The number of nitrogens with zero attached hydrogens (tertiary/aromatic N) is 1. The molecule has 0 aromatic heterocycles. The highest BCUT2D eigenvalue weighted by Gasteiger charge is 2.17. The fourth-order valence-corrected chi connectivity index (χ4v) is 3.15. The SMILES string of the molecule is COc1cc(C(=O)Nc2ccc(/C(C)=N\OC(=O)Nc3ccc(C)cc3)cc2)cc(OC)c1OC. The van der Waals surface area contributed by atoms with E-state index in [1.807, 2.05) is 19.1 Å². The second-order valence-corrected chi connectivity index (χ2v) is 7.49. The van der Waals surface area contributed by atoms with Crippen LogP contribution in [-0.4, -0.2) is 39.0 Å². The summed E-state index contributed by atoms with van der Waals surface area (Å²) in [6.07, 6.45) is -0.692. The van der Waals surface area contributed by atoms with Crippen molar-refractivity contribution in [3.63, 3.8) is 0 Å². The van der Waals surface area contributed by atoms with Crippen molar-refractivity contribution in [3.8, 4) is 17.2 Å². The van der Waals surface area contributed by atoms with E-state index >= 15 is 0 Å². The number of benzene rings is 3. The first-order chi connectivity index (χ1) is 16.8. The van der Waals surface area contributed by atoms with Gasteiger partial charge in [-0.25, -0.2) is 4.79 Å². The van der Waals surface area contributed by atoms with E-state index in [1.54, 1.807) is 55.5 Å². The van der Waals surface area contributed by atoms with Gasteiger partial charge in [-0.05, 0) is 55.8 Å². The van der Waals surface area contributed by atoms with E-state index in [4.69, 9.17) is 19.0 Å². The summed E-state index contributed by atoms with van der Waals surface area (Å²) in [6.45, 7) is 3.67. The number of amides is 2. The molecule has 9 heteroatoms. The minimum atomic E-state index is -0.692. The Kier molecular flexibility index (Phi) is 8.29. The van der Waals surface area contributed by atoms with E-state index in [0.29, 0.717) is 39.9 Å². The standard InChI is InChI=1S/C26H27N3O6/c1-16-6-10-21(11-7-16)28-26(31)35-29-17(2)18-8-12-20(13-9-18)27-25(30)19-14-22(32-3)24(34-5)23(15-19)33-4/h6-15H,1-5H3,(H,27,30)(H,28,31)/b29-17-. The molecule has 2 N–H and O–H groups in total. The second-order valence-electron chi connectivity index (χ2n) is 7.49. The predicted molar refractivity (Wildman–Crippen MR) is 134 cm³/mol. The van der Waals surface area contributed by atoms with Gasteiger partial charge in [-0.2, -0.15) is 0 Å². The molecule has 9 nitrogen and oxygen atoms in total. The third-order valence-corrected chi connectivity index (χ3v) is 5.05. The van der Waals surface area contributed by atoms with Crippen LogP contribution < -0.4 is 24.8 Å². The number of methoxy groups -OCH3 is 3. The van der Waals surface area contributed by atoms with Crippen molar-refractivity contribution in [1.29, 1.82) is 0 Å². The lowest BCUT2D eigenvalue weighted by Crippen LogP contribution is -2.13. The van der Waals surface area contributed by atoms with E-state index in [0.717, 1.165) is 11.1 Å². The Labute approximate surface area is 203 Å². The maximum Gasteiger partial charge on any atom is 0.437 e. The summed E-state index contributed by atoms with van der Waals surface area (Å²) in [6, 6.07) is 17.4. The van der Waals surface area contributed by atoms with Crippen LogP contribution in [0, 0.1) is 6.92 Å². The Balaban J connectivity index is 1.63. The number of anilines is 2. The zero-order valence-electron chi connectivity index (χ0n) is 20.2. The summed E-state index contributed by atoms with van der Waals surface area (Å²) >= 11 is 0. The molecule has 0 aliphatic carbocycles. The highest BCUT2D eigenvalue weighted by molar-refractivity contribution is 6.05. The molecule has 0 saturated carbocycles. The first kappa shape index (κ1) is 25.1. The number of nitrogens with one attached hydrogen (secondary N) is 2. The zero-order chi connectivity index (χ0) is 25.4. The Morgan fingerprint density at radius 3 is 1.83 bits per heavy atom. The van der Waals surface area contributed by atoms with Crippen molar-refractivity contribution in [2.75, 3.05) is 32.0 Å². The summed E-state index contributed by atoms with van der Waals surface area (Å²) in [7, 11) is 4.46. The van der Waals surface area contributed by atoms with Crippen molar-refractivity contribution < 1.29 is 28.6 Å². The smallest absolute Gasteiger partial charge is 0.437 e. The van der Waals surface area contributed by atoms with E-state index in [2.05, 4.69) is 15.8 Å². The normalized spacial score (nSPS) is 10.8. The second kappa shape index (κ2) is 11.6. The van der Waals surface area contributed by atoms with Crippen molar-refractivity contribution in [2.45, 2.75) is 13.8 Å². The lowest BCUT2D eigenvalue weighted by molar-refractivity contribution is 0.102. The van der Waals surface area contributed by atoms with Crippen molar-refractivity contribution in [3.05, 3.63) is 77.4 Å². The van der Waals surface area contributed by atoms with Gasteiger partial charge in [-0.15, -0.1) is 0 Å². The van der Waals surface area contributed by atoms with Crippen LogP contribution in [-0.2, 0) is 4.84 Å². The maximum absolute atomic E-state index is 12.8. The van der Waals surface area contributed by atoms with E-state index < -0.39 is 6.09 Å². The minimum absolute atomic E-state index is 0.342. The lowest BCUT2D eigenvalue weighted by Gasteiger charge is -2.14. The number of ether oxygens (including phenoxy) is 3. The average molecular weight is 478 g/mol. The Morgan fingerprint density at radius 2 is 1.29 bits per heavy atom. The quantitative estimate of drug-likeness (QED) is 0.261. The lowest BCUT2D eigenvalue weighted by atomic mass is 10.1. The summed E-state index contributed by atoms with van der Waals surface area (Å²) in [5.74, 6) is 0.815. The Morgan fingerprint density at radius 1 is 0.743 bits per heavy atom. The van der Waals surface area contributed by atoms with Gasteiger partial charge in [0.15, 0.2) is 11.5 Å². The van der Waals surface area contributed by atoms with Crippen LogP contribution in [0.3, 0.4) is 0 Å². The molecule has 0 atom stereocenters. The molecule has 0 unspecified atom stereocenters. The molecule has 35 heavy (non-hydrogen) atoms. The number of hydrogen-bond donors (Lipinski definition) is 2. The number of carbonyl (C=O) groups is 2. The van der Waals surface area contributed by atoms with E-state index in [1.165, 1.54) is 21.3 Å². The summed E-state index contributed by atoms with van der Waals surface area (Å²) in [5.41, 5.74) is 3.82. The number of rotatable bonds is 8. The molecule has 2 amide bonds. The molecule has 0 spiro atoms. The van der Waals surface area contributed by atoms with Crippen molar-refractivity contribution >= 4 is 29.1 Å². The number of aryl methyl sites for hydroxylation is 1. The van der Waals surface area contributed by atoms with Gasteiger partial charge in [-0.3, -0.25) is 14.9 Å². The number of oxime groups is 1. The van der Waals surface area contributed by atoms with Gasteiger partial charge < -0.3 is 19.5 Å². The Hall–Kier alpha value is -4.53.